The van der Waals surface area contributed by atoms with Gasteiger partial charge in [0.1, 0.15) is 0 Å². The number of nitrogens with one attached hydrogen (secondary N) is 1. The molecule has 0 radical (unpaired) electrons. The van der Waals surface area contributed by atoms with Crippen molar-refractivity contribution in [2.24, 2.45) is 0 Å². The Labute approximate surface area is 157 Å². The van der Waals surface area contributed by atoms with E-state index < -0.39 is 0 Å². The molecule has 1 N–H and O–H groups in total. The highest BCUT2D eigenvalue weighted by Crippen LogP contribution is 2.28. The molecule has 0 atom stereocenters. The van der Waals surface area contributed by atoms with Crippen molar-refractivity contribution in [2.45, 2.75) is 37.8 Å². The maximum atomic E-state index is 12.4. The number of hydrogen-bond donors (Lipinski definition) is 1. The molecule has 0 aliphatic carbocycles. The first-order valence-corrected chi connectivity index (χ1v) is 9.29. The molecule has 26 heavy (non-hydrogen) atoms. The second-order valence-electron chi connectivity index (χ2n) is 6.38. The molecular weight excluding hydrogens is 346 g/mol. The van der Waals surface area contributed by atoms with Crippen molar-refractivity contribution < 1.29 is 9.21 Å². The number of rotatable bonds is 5. The van der Waals surface area contributed by atoms with Gasteiger partial charge in [-0.25, -0.2) is 0 Å². The largest absolute Gasteiger partial charge is 0.403 e. The van der Waals surface area contributed by atoms with Gasteiger partial charge in [-0.2, -0.15) is 0 Å². The van der Waals surface area contributed by atoms with Crippen LogP contribution in [0.2, 0.25) is 0 Å². The van der Waals surface area contributed by atoms with Crippen molar-refractivity contribution >= 4 is 23.7 Å². The number of anilines is 1. The highest BCUT2D eigenvalue weighted by atomic mass is 32.2. The highest BCUT2D eigenvalue weighted by Gasteiger charge is 2.15. The summed E-state index contributed by atoms with van der Waals surface area (Å²) in [5, 5.41) is 11.1. The third kappa shape index (κ3) is 4.32. The first kappa shape index (κ1) is 18.2. The molecule has 3 aromatic rings. The summed E-state index contributed by atoms with van der Waals surface area (Å²) in [6.45, 7) is 8.18. The molecule has 0 bridgehead atoms. The van der Waals surface area contributed by atoms with Crippen LogP contribution in [-0.2, 0) is 0 Å². The molecule has 0 aliphatic rings. The van der Waals surface area contributed by atoms with Crippen LogP contribution >= 0.6 is 11.8 Å². The molecule has 1 amide bonds. The molecule has 134 valence electrons. The Morgan fingerprint density at radius 1 is 1.12 bits per heavy atom. The predicted molar refractivity (Wildman–Crippen MR) is 105 cm³/mol. The van der Waals surface area contributed by atoms with E-state index >= 15 is 0 Å². The number of amides is 1. The van der Waals surface area contributed by atoms with E-state index in [1.165, 1.54) is 0 Å². The van der Waals surface area contributed by atoms with Crippen LogP contribution in [0.5, 0.6) is 0 Å². The summed E-state index contributed by atoms with van der Waals surface area (Å²) in [4.78, 5) is 13.6. The quantitative estimate of drug-likeness (QED) is 0.635. The van der Waals surface area contributed by atoms with Crippen molar-refractivity contribution in [3.05, 3.63) is 59.2 Å². The second-order valence-corrected chi connectivity index (χ2v) is 8.03. The summed E-state index contributed by atoms with van der Waals surface area (Å²) in [7, 11) is 0. The lowest BCUT2D eigenvalue weighted by molar-refractivity contribution is 0.102. The van der Waals surface area contributed by atoms with Crippen LogP contribution < -0.4 is 5.32 Å². The average Bonchev–Trinajstić information content (AvgIpc) is 3.03. The highest BCUT2D eigenvalue weighted by molar-refractivity contribution is 7.99. The van der Waals surface area contributed by atoms with E-state index in [0.29, 0.717) is 16.7 Å². The summed E-state index contributed by atoms with van der Waals surface area (Å²) in [6.07, 6.45) is 0. The SMILES string of the molecule is Cc1ccc(C(=O)Nc2nnc(-c3cccc(SC(C)C)c3)o2)c(C)c1. The van der Waals surface area contributed by atoms with Crippen molar-refractivity contribution in [3.8, 4) is 11.5 Å². The first-order valence-electron chi connectivity index (χ1n) is 8.41. The third-order valence-corrected chi connectivity index (χ3v) is 4.72. The second kappa shape index (κ2) is 7.74. The summed E-state index contributed by atoms with van der Waals surface area (Å²) < 4.78 is 5.62. The maximum Gasteiger partial charge on any atom is 0.322 e. The van der Waals surface area contributed by atoms with Crippen molar-refractivity contribution in [1.29, 1.82) is 0 Å². The number of thioether (sulfide) groups is 1. The smallest absolute Gasteiger partial charge is 0.322 e. The minimum atomic E-state index is -0.262. The van der Waals surface area contributed by atoms with Gasteiger partial charge in [0.15, 0.2) is 0 Å². The number of nitrogens with zero attached hydrogens (tertiary/aromatic N) is 2. The summed E-state index contributed by atoms with van der Waals surface area (Å²) in [5.41, 5.74) is 3.43. The molecular formula is C20H21N3O2S. The van der Waals surface area contributed by atoms with Gasteiger partial charge < -0.3 is 4.42 Å². The molecule has 0 fully saturated rings. The average molecular weight is 367 g/mol. The molecule has 1 heterocycles. The van der Waals surface area contributed by atoms with Crippen LogP contribution in [0.15, 0.2) is 51.8 Å². The number of aryl methyl sites for hydroxylation is 2. The van der Waals surface area contributed by atoms with Crippen molar-refractivity contribution in [3.63, 3.8) is 0 Å². The number of benzene rings is 2. The minimum Gasteiger partial charge on any atom is -0.403 e. The molecule has 3 rings (SSSR count). The molecule has 6 heteroatoms. The van der Waals surface area contributed by atoms with Crippen LogP contribution in [0.1, 0.15) is 35.3 Å². The third-order valence-electron chi connectivity index (χ3n) is 3.72. The van der Waals surface area contributed by atoms with E-state index in [4.69, 9.17) is 4.42 Å². The summed E-state index contributed by atoms with van der Waals surface area (Å²) in [6, 6.07) is 13.7. The maximum absolute atomic E-state index is 12.4. The van der Waals surface area contributed by atoms with E-state index in [9.17, 15) is 4.79 Å². The van der Waals surface area contributed by atoms with E-state index in [1.54, 1.807) is 17.8 Å². The van der Waals surface area contributed by atoms with Gasteiger partial charge in [0.25, 0.3) is 5.91 Å². The Morgan fingerprint density at radius 2 is 1.92 bits per heavy atom. The van der Waals surface area contributed by atoms with Crippen LogP contribution in [-0.4, -0.2) is 21.4 Å². The number of hydrogen-bond acceptors (Lipinski definition) is 5. The number of carbonyl (C=O) groups excluding carboxylic acids is 1. The van der Waals surface area contributed by atoms with Crippen LogP contribution in [0.25, 0.3) is 11.5 Å². The lowest BCUT2D eigenvalue weighted by atomic mass is 10.1. The minimum absolute atomic E-state index is 0.0897. The van der Waals surface area contributed by atoms with Gasteiger partial charge in [0, 0.05) is 21.3 Å². The van der Waals surface area contributed by atoms with E-state index in [2.05, 4.69) is 29.4 Å². The monoisotopic (exact) mass is 367 g/mol. The lowest BCUT2D eigenvalue weighted by Gasteiger charge is -2.06. The van der Waals surface area contributed by atoms with Gasteiger partial charge in [-0.05, 0) is 43.7 Å². The van der Waals surface area contributed by atoms with Crippen LogP contribution in [0.4, 0.5) is 6.01 Å². The van der Waals surface area contributed by atoms with Crippen LogP contribution in [0, 0.1) is 13.8 Å². The number of carbonyl (C=O) groups is 1. The zero-order chi connectivity index (χ0) is 18.7. The summed E-state index contributed by atoms with van der Waals surface area (Å²) >= 11 is 1.77. The molecule has 0 saturated carbocycles. The molecule has 0 unspecified atom stereocenters. The Kier molecular flexibility index (Phi) is 5.42. The standard InChI is InChI=1S/C20H21N3O2S/c1-12(2)26-16-7-5-6-15(11-16)19-22-23-20(25-19)21-18(24)17-9-8-13(3)10-14(17)4/h5-12H,1-4H3,(H,21,23,24). The van der Waals surface area contributed by atoms with Gasteiger partial charge in [-0.3, -0.25) is 10.1 Å². The summed E-state index contributed by atoms with van der Waals surface area (Å²) in [5.74, 6) is 0.119. The Balaban J connectivity index is 1.77. The van der Waals surface area contributed by atoms with E-state index in [-0.39, 0.29) is 11.9 Å². The fraction of sp³-hybridized carbons (Fsp3) is 0.250. The first-order chi connectivity index (χ1) is 12.4. The van der Waals surface area contributed by atoms with Crippen molar-refractivity contribution in [1.82, 2.24) is 10.2 Å². The molecule has 0 saturated heterocycles. The Bertz CT molecular complexity index is 934. The molecule has 5 nitrogen and oxygen atoms in total. The Hall–Kier alpha value is -2.60. The van der Waals surface area contributed by atoms with Gasteiger partial charge in [-0.15, -0.1) is 16.9 Å². The van der Waals surface area contributed by atoms with Gasteiger partial charge >= 0.3 is 6.01 Å². The molecule has 0 spiro atoms. The fourth-order valence-electron chi connectivity index (χ4n) is 2.60. The zero-order valence-corrected chi connectivity index (χ0v) is 16.1. The van der Waals surface area contributed by atoms with E-state index in [1.807, 2.05) is 50.2 Å². The van der Waals surface area contributed by atoms with Gasteiger partial charge in [0.05, 0.1) is 0 Å². The molecule has 0 aliphatic heterocycles. The predicted octanol–water partition coefficient (Wildman–Crippen LogP) is 5.11. The fourth-order valence-corrected chi connectivity index (χ4v) is 3.49. The number of aromatic nitrogens is 2. The lowest BCUT2D eigenvalue weighted by Crippen LogP contribution is -2.13. The topological polar surface area (TPSA) is 68.0 Å². The van der Waals surface area contributed by atoms with Crippen LogP contribution in [0.3, 0.4) is 0 Å². The Morgan fingerprint density at radius 3 is 2.65 bits per heavy atom. The van der Waals surface area contributed by atoms with Gasteiger partial charge in [-0.1, -0.05) is 42.7 Å². The normalized spacial score (nSPS) is 11.0. The van der Waals surface area contributed by atoms with E-state index in [0.717, 1.165) is 21.6 Å². The zero-order valence-electron chi connectivity index (χ0n) is 15.2. The van der Waals surface area contributed by atoms with Gasteiger partial charge in [0.2, 0.25) is 5.89 Å². The molecule has 2 aromatic carbocycles. The van der Waals surface area contributed by atoms with Crippen molar-refractivity contribution in [2.75, 3.05) is 5.32 Å². The molecule has 1 aromatic heterocycles.